The van der Waals surface area contributed by atoms with E-state index in [2.05, 4.69) is 10.2 Å². The topological polar surface area (TPSA) is 79.0 Å². The van der Waals surface area contributed by atoms with Crippen molar-refractivity contribution in [3.8, 4) is 0 Å². The third-order valence-electron chi connectivity index (χ3n) is 4.86. The van der Waals surface area contributed by atoms with E-state index >= 15 is 0 Å². The molecule has 2 aromatic carbocycles. The van der Waals surface area contributed by atoms with Gasteiger partial charge < -0.3 is 10.1 Å². The first-order chi connectivity index (χ1) is 14.7. The van der Waals surface area contributed by atoms with Gasteiger partial charge in [-0.3, -0.25) is 14.0 Å². The smallest absolute Gasteiger partial charge is 0.241 e. The van der Waals surface area contributed by atoms with Crippen molar-refractivity contribution in [2.24, 2.45) is 0 Å². The number of nitrogens with zero attached hydrogens (tertiary/aromatic N) is 2. The lowest BCUT2D eigenvalue weighted by Gasteiger charge is -2.26. The van der Waals surface area contributed by atoms with E-state index in [1.165, 1.54) is 12.1 Å². The minimum absolute atomic E-state index is 0.166. The molecule has 0 saturated carbocycles. The van der Waals surface area contributed by atoms with Gasteiger partial charge in [0.1, 0.15) is 6.54 Å². The van der Waals surface area contributed by atoms with Gasteiger partial charge in [-0.15, -0.1) is 0 Å². The van der Waals surface area contributed by atoms with Crippen molar-refractivity contribution in [3.63, 3.8) is 0 Å². The Balaban J connectivity index is 1.63. The number of hydrogen-bond acceptors (Lipinski definition) is 5. The number of morpholine rings is 1. The Morgan fingerprint density at radius 1 is 1.13 bits per heavy atom. The van der Waals surface area contributed by atoms with Gasteiger partial charge in [0, 0.05) is 31.2 Å². The van der Waals surface area contributed by atoms with E-state index < -0.39 is 22.5 Å². The molecule has 2 aromatic rings. The van der Waals surface area contributed by atoms with E-state index in [1.54, 1.807) is 6.07 Å². The number of sulfonamides is 1. The summed E-state index contributed by atoms with van der Waals surface area (Å²) in [4.78, 5) is 14.8. The zero-order valence-corrected chi connectivity index (χ0v) is 19.5. The highest BCUT2D eigenvalue weighted by Crippen LogP contribution is 2.30. The average Bonchev–Trinajstić information content (AvgIpc) is 2.73. The van der Waals surface area contributed by atoms with Crippen LogP contribution in [0.5, 0.6) is 0 Å². The van der Waals surface area contributed by atoms with Crippen molar-refractivity contribution in [2.45, 2.75) is 13.1 Å². The molecule has 3 rings (SSSR count). The van der Waals surface area contributed by atoms with Crippen LogP contribution < -0.4 is 9.62 Å². The summed E-state index contributed by atoms with van der Waals surface area (Å²) in [5.41, 5.74) is 2.25. The number of amides is 1. The number of benzene rings is 2. The number of rotatable bonds is 8. The summed E-state index contributed by atoms with van der Waals surface area (Å²) >= 11 is 12.1. The normalized spacial score (nSPS) is 14.9. The second kappa shape index (κ2) is 10.7. The Morgan fingerprint density at radius 2 is 1.84 bits per heavy atom. The molecule has 0 aliphatic carbocycles. The van der Waals surface area contributed by atoms with Gasteiger partial charge in [-0.05, 0) is 29.3 Å². The molecule has 0 spiro atoms. The van der Waals surface area contributed by atoms with E-state index in [0.717, 1.165) is 54.5 Å². The summed E-state index contributed by atoms with van der Waals surface area (Å²) in [6, 6.07) is 12.4. The fourth-order valence-corrected chi connectivity index (χ4v) is 4.60. The van der Waals surface area contributed by atoms with Gasteiger partial charge >= 0.3 is 0 Å². The molecular formula is C21H25Cl2N3O4S. The standard InChI is InChI=1S/C21H25Cl2N3O4S/c1-31(28,29)26(20-12-18(22)5-6-19(20)23)15-21(27)24-13-16-3-2-4-17(11-16)14-25-7-9-30-10-8-25/h2-6,11-12H,7-10,13-15H2,1H3,(H,24,27). The molecule has 1 heterocycles. The quantitative estimate of drug-likeness (QED) is 0.621. The van der Waals surface area contributed by atoms with Crippen LogP contribution in [0, 0.1) is 0 Å². The van der Waals surface area contributed by atoms with Crippen molar-refractivity contribution in [2.75, 3.05) is 43.4 Å². The first-order valence-electron chi connectivity index (χ1n) is 9.80. The summed E-state index contributed by atoms with van der Waals surface area (Å²) in [6.07, 6.45) is 1.02. The van der Waals surface area contributed by atoms with Crippen molar-refractivity contribution < 1.29 is 17.9 Å². The largest absolute Gasteiger partial charge is 0.379 e. The molecule has 1 N–H and O–H groups in total. The number of hydrogen-bond donors (Lipinski definition) is 1. The van der Waals surface area contributed by atoms with Crippen LogP contribution >= 0.6 is 23.2 Å². The SMILES string of the molecule is CS(=O)(=O)N(CC(=O)NCc1cccc(CN2CCOCC2)c1)c1cc(Cl)ccc1Cl. The van der Waals surface area contributed by atoms with Crippen LogP contribution in [0.3, 0.4) is 0 Å². The first kappa shape index (κ1) is 23.8. The summed E-state index contributed by atoms with van der Waals surface area (Å²) in [5.74, 6) is -0.444. The lowest BCUT2D eigenvalue weighted by Crippen LogP contribution is -2.40. The van der Waals surface area contributed by atoms with Crippen LogP contribution in [0.1, 0.15) is 11.1 Å². The van der Waals surface area contributed by atoms with Crippen LogP contribution in [-0.4, -0.2) is 58.3 Å². The molecule has 1 fully saturated rings. The zero-order chi connectivity index (χ0) is 22.4. The molecule has 10 heteroatoms. The molecule has 1 amide bonds. The second-order valence-corrected chi connectivity index (χ2v) is 10.1. The molecule has 0 radical (unpaired) electrons. The molecule has 1 saturated heterocycles. The predicted octanol–water partition coefficient (Wildman–Crippen LogP) is 2.91. The van der Waals surface area contributed by atoms with E-state index in [0.29, 0.717) is 5.02 Å². The monoisotopic (exact) mass is 485 g/mol. The molecule has 0 atom stereocenters. The predicted molar refractivity (Wildman–Crippen MR) is 123 cm³/mol. The number of ether oxygens (including phenoxy) is 1. The second-order valence-electron chi connectivity index (χ2n) is 7.35. The molecule has 0 bridgehead atoms. The van der Waals surface area contributed by atoms with Gasteiger partial charge in [-0.25, -0.2) is 8.42 Å². The number of halogens is 2. The Kier molecular flexibility index (Phi) is 8.18. The van der Waals surface area contributed by atoms with E-state index in [-0.39, 0.29) is 17.3 Å². The van der Waals surface area contributed by atoms with Gasteiger partial charge in [0.25, 0.3) is 0 Å². The van der Waals surface area contributed by atoms with Gasteiger partial charge in [0.15, 0.2) is 0 Å². The molecule has 1 aliphatic heterocycles. The third-order valence-corrected chi connectivity index (χ3v) is 6.54. The highest BCUT2D eigenvalue weighted by Gasteiger charge is 2.23. The maximum absolute atomic E-state index is 12.5. The van der Waals surface area contributed by atoms with Crippen molar-refractivity contribution in [3.05, 3.63) is 63.6 Å². The van der Waals surface area contributed by atoms with Crippen LogP contribution in [0.15, 0.2) is 42.5 Å². The van der Waals surface area contributed by atoms with Gasteiger partial charge in [0.2, 0.25) is 15.9 Å². The summed E-state index contributed by atoms with van der Waals surface area (Å²) in [7, 11) is -3.74. The van der Waals surface area contributed by atoms with Gasteiger partial charge in [0.05, 0.1) is 30.2 Å². The van der Waals surface area contributed by atoms with E-state index in [9.17, 15) is 13.2 Å². The molecule has 1 aliphatic rings. The molecule has 7 nitrogen and oxygen atoms in total. The summed E-state index contributed by atoms with van der Waals surface area (Å²) in [6.45, 7) is 3.98. The van der Waals surface area contributed by atoms with Crippen molar-refractivity contribution in [1.82, 2.24) is 10.2 Å². The lowest BCUT2D eigenvalue weighted by molar-refractivity contribution is -0.119. The van der Waals surface area contributed by atoms with E-state index in [1.807, 2.05) is 24.3 Å². The van der Waals surface area contributed by atoms with Crippen LogP contribution in [0.4, 0.5) is 5.69 Å². The third kappa shape index (κ3) is 7.08. The van der Waals surface area contributed by atoms with Crippen molar-refractivity contribution in [1.29, 1.82) is 0 Å². The average molecular weight is 486 g/mol. The molecule has 0 aromatic heterocycles. The maximum atomic E-state index is 12.5. The van der Waals surface area contributed by atoms with Gasteiger partial charge in [-0.2, -0.15) is 0 Å². The van der Waals surface area contributed by atoms with Gasteiger partial charge in [-0.1, -0.05) is 47.5 Å². The van der Waals surface area contributed by atoms with Crippen LogP contribution in [0.2, 0.25) is 10.0 Å². The lowest BCUT2D eigenvalue weighted by atomic mass is 10.1. The molecule has 0 unspecified atom stereocenters. The number of carbonyl (C=O) groups excluding carboxylic acids is 1. The summed E-state index contributed by atoms with van der Waals surface area (Å²) in [5, 5.41) is 3.30. The molecular weight excluding hydrogens is 461 g/mol. The van der Waals surface area contributed by atoms with E-state index in [4.69, 9.17) is 27.9 Å². The Morgan fingerprint density at radius 3 is 2.55 bits per heavy atom. The number of nitrogens with one attached hydrogen (secondary N) is 1. The fraction of sp³-hybridized carbons (Fsp3) is 0.381. The Hall–Kier alpha value is -1.84. The zero-order valence-electron chi connectivity index (χ0n) is 17.2. The fourth-order valence-electron chi connectivity index (χ4n) is 3.30. The van der Waals surface area contributed by atoms with Crippen LogP contribution in [0.25, 0.3) is 0 Å². The minimum Gasteiger partial charge on any atom is -0.379 e. The molecule has 168 valence electrons. The number of carbonyl (C=O) groups is 1. The summed E-state index contributed by atoms with van der Waals surface area (Å²) < 4.78 is 30.9. The molecule has 31 heavy (non-hydrogen) atoms. The maximum Gasteiger partial charge on any atom is 0.241 e. The minimum atomic E-state index is -3.74. The highest BCUT2D eigenvalue weighted by molar-refractivity contribution is 7.92. The Bertz CT molecular complexity index is 1030. The van der Waals surface area contributed by atoms with Crippen LogP contribution in [-0.2, 0) is 32.6 Å². The first-order valence-corrected chi connectivity index (χ1v) is 12.4. The number of anilines is 1. The Labute approximate surface area is 192 Å². The van der Waals surface area contributed by atoms with Crippen molar-refractivity contribution >= 4 is 44.8 Å². The highest BCUT2D eigenvalue weighted by atomic mass is 35.5.